The van der Waals surface area contributed by atoms with Gasteiger partial charge in [-0.2, -0.15) is 9.36 Å². The standard InChI is InChI=1S/C15H11Cl2N5O3S2/c1-27(24,25)22-9-4-2-3-8(5-9)14-18-15(26-21-14)20-19-12-6-11(17)13(23)7-10(12)16/h2-7,22-23H,1H3. The number of benzene rings is 2. The van der Waals surface area contributed by atoms with Gasteiger partial charge in [0.2, 0.25) is 15.2 Å². The highest BCUT2D eigenvalue weighted by molar-refractivity contribution is 7.92. The second kappa shape index (κ2) is 7.77. The summed E-state index contributed by atoms with van der Waals surface area (Å²) >= 11 is 12.8. The maximum Gasteiger partial charge on any atom is 0.249 e. The SMILES string of the molecule is CS(=O)(=O)Nc1cccc(-c2nsc(N=Nc3cc(Cl)c(O)cc3Cl)n2)c1. The Hall–Kier alpha value is -2.27. The Morgan fingerprint density at radius 2 is 1.93 bits per heavy atom. The molecule has 2 aromatic carbocycles. The molecule has 0 fully saturated rings. The fraction of sp³-hybridized carbons (Fsp3) is 0.0667. The number of hydrogen-bond acceptors (Lipinski definition) is 8. The molecule has 0 spiro atoms. The Balaban J connectivity index is 1.83. The van der Waals surface area contributed by atoms with Crippen LogP contribution in [-0.2, 0) is 10.0 Å². The molecule has 0 saturated heterocycles. The van der Waals surface area contributed by atoms with Gasteiger partial charge < -0.3 is 5.11 Å². The average Bonchev–Trinajstić information content (AvgIpc) is 3.05. The molecule has 0 amide bonds. The van der Waals surface area contributed by atoms with Gasteiger partial charge in [0.15, 0.2) is 5.82 Å². The first-order valence-electron chi connectivity index (χ1n) is 7.23. The molecule has 0 bridgehead atoms. The van der Waals surface area contributed by atoms with Gasteiger partial charge in [-0.25, -0.2) is 8.42 Å². The van der Waals surface area contributed by atoms with Crippen molar-refractivity contribution in [2.24, 2.45) is 10.2 Å². The molecule has 3 aromatic rings. The number of phenolic OH excluding ortho intramolecular Hbond substituents is 1. The Labute approximate surface area is 168 Å². The molecule has 0 aliphatic rings. The first-order chi connectivity index (χ1) is 12.7. The first-order valence-corrected chi connectivity index (χ1v) is 10.6. The summed E-state index contributed by atoms with van der Waals surface area (Å²) in [7, 11) is -3.38. The van der Waals surface area contributed by atoms with E-state index in [2.05, 4.69) is 24.3 Å². The van der Waals surface area contributed by atoms with E-state index in [-0.39, 0.29) is 26.6 Å². The molecule has 8 nitrogen and oxygen atoms in total. The highest BCUT2D eigenvalue weighted by atomic mass is 35.5. The molecular weight excluding hydrogens is 433 g/mol. The Kier molecular flexibility index (Phi) is 5.61. The van der Waals surface area contributed by atoms with E-state index in [1.807, 2.05) is 0 Å². The van der Waals surface area contributed by atoms with Crippen LogP contribution in [-0.4, -0.2) is 29.1 Å². The van der Waals surface area contributed by atoms with Crippen LogP contribution < -0.4 is 4.72 Å². The minimum Gasteiger partial charge on any atom is -0.506 e. The van der Waals surface area contributed by atoms with Crippen LogP contribution >= 0.6 is 34.7 Å². The van der Waals surface area contributed by atoms with Gasteiger partial charge in [0.25, 0.3) is 0 Å². The summed E-state index contributed by atoms with van der Waals surface area (Å²) in [5.74, 6) is 0.224. The number of nitrogens with one attached hydrogen (secondary N) is 1. The molecule has 0 aliphatic heterocycles. The van der Waals surface area contributed by atoms with E-state index >= 15 is 0 Å². The van der Waals surface area contributed by atoms with Crippen LogP contribution in [0.5, 0.6) is 5.75 Å². The lowest BCUT2D eigenvalue weighted by atomic mass is 10.2. The summed E-state index contributed by atoms with van der Waals surface area (Å²) < 4.78 is 29.3. The van der Waals surface area contributed by atoms with Crippen molar-refractivity contribution in [3.05, 3.63) is 46.4 Å². The lowest BCUT2D eigenvalue weighted by molar-refractivity contribution is 0.475. The second-order valence-corrected chi connectivity index (χ2v) is 8.60. The number of anilines is 1. The molecule has 12 heteroatoms. The van der Waals surface area contributed by atoms with Crippen molar-refractivity contribution in [3.8, 4) is 17.1 Å². The van der Waals surface area contributed by atoms with E-state index in [1.54, 1.807) is 24.3 Å². The minimum atomic E-state index is -3.38. The van der Waals surface area contributed by atoms with Crippen LogP contribution in [0.3, 0.4) is 0 Å². The van der Waals surface area contributed by atoms with Crippen molar-refractivity contribution >= 4 is 61.3 Å². The normalized spacial score (nSPS) is 11.8. The van der Waals surface area contributed by atoms with Crippen LogP contribution in [0.15, 0.2) is 46.6 Å². The summed E-state index contributed by atoms with van der Waals surface area (Å²) in [6, 6.07) is 9.31. The lowest BCUT2D eigenvalue weighted by Crippen LogP contribution is -2.09. The third-order valence-electron chi connectivity index (χ3n) is 3.10. The molecule has 1 heterocycles. The van der Waals surface area contributed by atoms with Crippen molar-refractivity contribution in [1.29, 1.82) is 0 Å². The van der Waals surface area contributed by atoms with E-state index in [0.29, 0.717) is 17.1 Å². The number of halogens is 2. The van der Waals surface area contributed by atoms with E-state index in [0.717, 1.165) is 17.8 Å². The highest BCUT2D eigenvalue weighted by Crippen LogP contribution is 2.36. The average molecular weight is 444 g/mol. The van der Waals surface area contributed by atoms with Crippen molar-refractivity contribution in [2.45, 2.75) is 0 Å². The molecule has 0 radical (unpaired) electrons. The predicted octanol–water partition coefficient (Wildman–Crippen LogP) is 5.00. The number of phenols is 1. The van der Waals surface area contributed by atoms with Gasteiger partial charge in [-0.15, -0.1) is 10.2 Å². The van der Waals surface area contributed by atoms with Crippen LogP contribution in [0.1, 0.15) is 0 Å². The number of aromatic nitrogens is 2. The van der Waals surface area contributed by atoms with Gasteiger partial charge in [-0.1, -0.05) is 35.3 Å². The van der Waals surface area contributed by atoms with Crippen LogP contribution in [0.25, 0.3) is 11.4 Å². The van der Waals surface area contributed by atoms with Gasteiger partial charge >= 0.3 is 0 Å². The van der Waals surface area contributed by atoms with Crippen molar-refractivity contribution in [2.75, 3.05) is 11.0 Å². The maximum absolute atomic E-state index is 11.3. The number of azo groups is 1. The van der Waals surface area contributed by atoms with E-state index in [4.69, 9.17) is 23.2 Å². The maximum atomic E-state index is 11.3. The van der Waals surface area contributed by atoms with E-state index < -0.39 is 10.0 Å². The molecule has 0 aliphatic carbocycles. The van der Waals surface area contributed by atoms with Gasteiger partial charge in [-0.3, -0.25) is 4.72 Å². The molecule has 1 aromatic heterocycles. The molecule has 0 saturated carbocycles. The zero-order valence-corrected chi connectivity index (χ0v) is 16.7. The van der Waals surface area contributed by atoms with Gasteiger partial charge in [0.05, 0.1) is 16.3 Å². The largest absolute Gasteiger partial charge is 0.506 e. The summed E-state index contributed by atoms with van der Waals surface area (Å²) in [6.45, 7) is 0. The van der Waals surface area contributed by atoms with E-state index in [9.17, 15) is 13.5 Å². The Morgan fingerprint density at radius 1 is 1.15 bits per heavy atom. The number of nitrogens with zero attached hydrogens (tertiary/aromatic N) is 4. The van der Waals surface area contributed by atoms with Crippen LogP contribution in [0.4, 0.5) is 16.5 Å². The highest BCUT2D eigenvalue weighted by Gasteiger charge is 2.10. The molecule has 0 atom stereocenters. The second-order valence-electron chi connectivity index (χ2n) is 5.31. The predicted molar refractivity (Wildman–Crippen MR) is 106 cm³/mol. The first kappa shape index (κ1) is 19.5. The minimum absolute atomic E-state index is 0.0986. The number of aromatic hydroxyl groups is 1. The van der Waals surface area contributed by atoms with Gasteiger partial charge in [-0.05, 0) is 18.2 Å². The smallest absolute Gasteiger partial charge is 0.249 e. The van der Waals surface area contributed by atoms with Crippen LogP contribution in [0, 0.1) is 0 Å². The molecule has 3 rings (SSSR count). The third kappa shape index (κ3) is 5.13. The zero-order valence-electron chi connectivity index (χ0n) is 13.6. The van der Waals surface area contributed by atoms with Crippen molar-refractivity contribution < 1.29 is 13.5 Å². The Morgan fingerprint density at radius 3 is 2.67 bits per heavy atom. The topological polar surface area (TPSA) is 117 Å². The Bertz CT molecular complexity index is 1130. The third-order valence-corrected chi connectivity index (χ3v) is 4.91. The summed E-state index contributed by atoms with van der Waals surface area (Å²) in [6.07, 6.45) is 1.07. The molecule has 140 valence electrons. The monoisotopic (exact) mass is 443 g/mol. The number of hydrogen-bond donors (Lipinski definition) is 2. The number of rotatable bonds is 5. The summed E-state index contributed by atoms with van der Waals surface area (Å²) in [5.41, 5.74) is 1.29. The molecule has 2 N–H and O–H groups in total. The van der Waals surface area contributed by atoms with E-state index in [1.165, 1.54) is 12.1 Å². The fourth-order valence-electron chi connectivity index (χ4n) is 2.01. The summed E-state index contributed by atoms with van der Waals surface area (Å²) in [5, 5.41) is 18.0. The quantitative estimate of drug-likeness (QED) is 0.537. The van der Waals surface area contributed by atoms with Gasteiger partial charge in [0, 0.05) is 28.8 Å². The van der Waals surface area contributed by atoms with Crippen molar-refractivity contribution in [3.63, 3.8) is 0 Å². The van der Waals surface area contributed by atoms with Crippen LogP contribution in [0.2, 0.25) is 10.0 Å². The fourth-order valence-corrected chi connectivity index (χ4v) is 3.44. The van der Waals surface area contributed by atoms with Gasteiger partial charge in [0.1, 0.15) is 11.4 Å². The molecule has 0 unspecified atom stereocenters. The zero-order chi connectivity index (χ0) is 19.6. The summed E-state index contributed by atoms with van der Waals surface area (Å²) in [4.78, 5) is 4.25. The lowest BCUT2D eigenvalue weighted by Gasteiger charge is -2.04. The van der Waals surface area contributed by atoms with Crippen molar-refractivity contribution in [1.82, 2.24) is 9.36 Å². The molecular formula is C15H11Cl2N5O3S2. The number of sulfonamides is 1. The molecule has 27 heavy (non-hydrogen) atoms.